The third-order valence-corrected chi connectivity index (χ3v) is 8.20. The Morgan fingerprint density at radius 3 is 2.73 bits per heavy atom. The molecule has 0 spiro atoms. The Bertz CT molecular complexity index is 1270. The summed E-state index contributed by atoms with van der Waals surface area (Å²) in [5.41, 5.74) is 2.62. The Kier molecular flexibility index (Phi) is 9.09. The number of hydrogen-bond acceptors (Lipinski definition) is 9. The molecule has 4 rings (SSSR count). The summed E-state index contributed by atoms with van der Waals surface area (Å²) in [6.45, 7) is 6.91. The van der Waals surface area contributed by atoms with Gasteiger partial charge in [-0.15, -0.1) is 21.5 Å². The smallest absolute Gasteiger partial charge is 0.341 e. The van der Waals surface area contributed by atoms with Gasteiger partial charge in [0.1, 0.15) is 11.6 Å². The number of nitrogens with zero attached hydrogens (tertiary/aromatic N) is 3. The summed E-state index contributed by atoms with van der Waals surface area (Å²) >= 11 is 2.78. The first-order valence-corrected chi connectivity index (χ1v) is 14.2. The molecule has 1 aliphatic carbocycles. The van der Waals surface area contributed by atoms with Crippen molar-refractivity contribution in [3.63, 3.8) is 0 Å². The van der Waals surface area contributed by atoms with Gasteiger partial charge in [-0.05, 0) is 69.7 Å². The van der Waals surface area contributed by atoms with Crippen LogP contribution in [0.4, 0.5) is 5.00 Å². The molecular formula is C26H32N4O5S2. The van der Waals surface area contributed by atoms with Gasteiger partial charge in [-0.2, -0.15) is 0 Å². The number of aromatic nitrogens is 3. The van der Waals surface area contributed by atoms with Crippen LogP contribution in [0, 0.1) is 6.92 Å². The minimum Gasteiger partial charge on any atom is -0.493 e. The lowest BCUT2D eigenvalue weighted by molar-refractivity contribution is -0.113. The van der Waals surface area contributed by atoms with Crippen LogP contribution in [0.2, 0.25) is 0 Å². The van der Waals surface area contributed by atoms with Crippen molar-refractivity contribution in [1.29, 1.82) is 0 Å². The van der Waals surface area contributed by atoms with Gasteiger partial charge < -0.3 is 24.1 Å². The van der Waals surface area contributed by atoms with E-state index in [4.69, 9.17) is 14.2 Å². The van der Waals surface area contributed by atoms with Crippen LogP contribution in [-0.4, -0.2) is 46.1 Å². The van der Waals surface area contributed by atoms with Crippen molar-refractivity contribution in [3.05, 3.63) is 45.6 Å². The number of rotatable bonds is 11. The van der Waals surface area contributed by atoms with Gasteiger partial charge in [-0.3, -0.25) is 4.79 Å². The number of hydrogen-bond donors (Lipinski definition) is 1. The maximum atomic E-state index is 12.9. The van der Waals surface area contributed by atoms with Gasteiger partial charge in [-0.1, -0.05) is 17.8 Å². The Morgan fingerprint density at radius 1 is 1.16 bits per heavy atom. The average Bonchev–Trinajstić information content (AvgIpc) is 3.46. The van der Waals surface area contributed by atoms with Crippen LogP contribution in [0.1, 0.15) is 58.9 Å². The van der Waals surface area contributed by atoms with Crippen LogP contribution in [0.15, 0.2) is 23.4 Å². The van der Waals surface area contributed by atoms with Crippen molar-refractivity contribution in [1.82, 2.24) is 14.8 Å². The summed E-state index contributed by atoms with van der Waals surface area (Å²) in [7, 11) is 1.61. The zero-order chi connectivity index (χ0) is 26.4. The minimum absolute atomic E-state index is 0.135. The van der Waals surface area contributed by atoms with E-state index < -0.39 is 0 Å². The first-order valence-electron chi connectivity index (χ1n) is 12.4. The van der Waals surface area contributed by atoms with E-state index >= 15 is 0 Å². The van der Waals surface area contributed by atoms with Crippen LogP contribution in [0.5, 0.6) is 11.5 Å². The van der Waals surface area contributed by atoms with Gasteiger partial charge >= 0.3 is 5.97 Å². The fourth-order valence-corrected chi connectivity index (χ4v) is 6.37. The molecule has 9 nitrogen and oxygen atoms in total. The summed E-state index contributed by atoms with van der Waals surface area (Å²) in [5.74, 6) is 1.50. The Morgan fingerprint density at radius 2 is 1.97 bits per heavy atom. The zero-order valence-electron chi connectivity index (χ0n) is 21.6. The SMILES string of the molecule is CCOC(=O)c1c(NC(=O)CSc2nnc(COc3ccc(C)cc3OC)n2CC)sc2c1CCCC2. The molecular weight excluding hydrogens is 512 g/mol. The third kappa shape index (κ3) is 6.27. The molecule has 0 atom stereocenters. The molecule has 1 aliphatic rings. The molecule has 0 aliphatic heterocycles. The van der Waals surface area contributed by atoms with E-state index in [0.29, 0.717) is 46.2 Å². The predicted octanol–water partition coefficient (Wildman–Crippen LogP) is 5.04. The number of benzene rings is 1. The van der Waals surface area contributed by atoms with Gasteiger partial charge in [0.15, 0.2) is 22.5 Å². The van der Waals surface area contributed by atoms with Gasteiger partial charge in [0.05, 0.1) is 25.0 Å². The average molecular weight is 545 g/mol. The first kappa shape index (κ1) is 27.0. The molecule has 198 valence electrons. The zero-order valence-corrected chi connectivity index (χ0v) is 23.2. The van der Waals surface area contributed by atoms with E-state index in [1.54, 1.807) is 14.0 Å². The van der Waals surface area contributed by atoms with Crippen molar-refractivity contribution in [2.45, 2.75) is 64.8 Å². The van der Waals surface area contributed by atoms with E-state index in [1.807, 2.05) is 36.6 Å². The number of amides is 1. The third-order valence-electron chi connectivity index (χ3n) is 6.02. The van der Waals surface area contributed by atoms with E-state index in [2.05, 4.69) is 15.5 Å². The number of carbonyl (C=O) groups is 2. The van der Waals surface area contributed by atoms with Crippen molar-refractivity contribution < 1.29 is 23.8 Å². The van der Waals surface area contributed by atoms with Crippen LogP contribution >= 0.6 is 23.1 Å². The summed E-state index contributed by atoms with van der Waals surface area (Å²) in [4.78, 5) is 26.7. The fourth-order valence-electron chi connectivity index (χ4n) is 4.25. The second kappa shape index (κ2) is 12.5. The summed E-state index contributed by atoms with van der Waals surface area (Å²) in [6.07, 6.45) is 3.89. The lowest BCUT2D eigenvalue weighted by Crippen LogP contribution is -2.17. The molecule has 1 amide bonds. The normalized spacial score (nSPS) is 12.6. The molecule has 1 N–H and O–H groups in total. The quantitative estimate of drug-likeness (QED) is 0.264. The summed E-state index contributed by atoms with van der Waals surface area (Å²) in [6, 6.07) is 5.74. The van der Waals surface area contributed by atoms with E-state index in [0.717, 1.165) is 41.7 Å². The molecule has 11 heteroatoms. The number of nitrogens with one attached hydrogen (secondary N) is 1. The molecule has 2 heterocycles. The van der Waals surface area contributed by atoms with Gasteiger partial charge in [-0.25, -0.2) is 4.79 Å². The number of methoxy groups -OCH3 is 1. The Balaban J connectivity index is 1.41. The second-order valence-corrected chi connectivity index (χ2v) is 10.6. The maximum Gasteiger partial charge on any atom is 0.341 e. The van der Waals surface area contributed by atoms with Crippen molar-refractivity contribution in [3.8, 4) is 11.5 Å². The molecule has 2 aromatic heterocycles. The number of aryl methyl sites for hydroxylation is 2. The van der Waals surface area contributed by atoms with Crippen molar-refractivity contribution in [2.75, 3.05) is 24.8 Å². The molecule has 0 radical (unpaired) electrons. The Hall–Kier alpha value is -3.05. The highest BCUT2D eigenvalue weighted by atomic mass is 32.2. The number of thioether (sulfide) groups is 1. The standard InChI is InChI=1S/C26H32N4O5S2/c1-5-30-21(14-35-18-12-11-16(3)13-19(18)33-4)28-29-26(30)36-15-22(31)27-24-23(25(32)34-6-2)17-9-7-8-10-20(17)37-24/h11-13H,5-10,14-15H2,1-4H3,(H,27,31). The number of anilines is 1. The first-order chi connectivity index (χ1) is 17.9. The van der Waals surface area contributed by atoms with Gasteiger partial charge in [0, 0.05) is 11.4 Å². The van der Waals surface area contributed by atoms with E-state index in [1.165, 1.54) is 23.1 Å². The maximum absolute atomic E-state index is 12.9. The highest BCUT2D eigenvalue weighted by molar-refractivity contribution is 7.99. The predicted molar refractivity (Wildman–Crippen MR) is 144 cm³/mol. The molecule has 3 aromatic rings. The van der Waals surface area contributed by atoms with Crippen LogP contribution in [-0.2, 0) is 35.5 Å². The summed E-state index contributed by atoms with van der Waals surface area (Å²) in [5, 5.41) is 12.7. The second-order valence-electron chi connectivity index (χ2n) is 8.56. The van der Waals surface area contributed by atoms with E-state index in [-0.39, 0.29) is 24.2 Å². The van der Waals surface area contributed by atoms with Gasteiger partial charge in [0.2, 0.25) is 5.91 Å². The van der Waals surface area contributed by atoms with Crippen molar-refractivity contribution >= 4 is 40.0 Å². The minimum atomic E-state index is -0.370. The lowest BCUT2D eigenvalue weighted by Gasteiger charge is -2.12. The molecule has 0 saturated heterocycles. The summed E-state index contributed by atoms with van der Waals surface area (Å²) < 4.78 is 18.6. The number of fused-ring (bicyclic) bond motifs is 1. The highest BCUT2D eigenvalue weighted by Crippen LogP contribution is 2.38. The highest BCUT2D eigenvalue weighted by Gasteiger charge is 2.27. The monoisotopic (exact) mass is 544 g/mol. The molecule has 0 bridgehead atoms. The molecule has 0 fully saturated rings. The number of carbonyl (C=O) groups excluding carboxylic acids is 2. The molecule has 0 saturated carbocycles. The largest absolute Gasteiger partial charge is 0.493 e. The molecule has 37 heavy (non-hydrogen) atoms. The van der Waals surface area contributed by atoms with Crippen LogP contribution in [0.25, 0.3) is 0 Å². The lowest BCUT2D eigenvalue weighted by atomic mass is 9.95. The Labute approximate surface area is 224 Å². The van der Waals surface area contributed by atoms with Crippen LogP contribution in [0.3, 0.4) is 0 Å². The number of thiophene rings is 1. The van der Waals surface area contributed by atoms with Crippen LogP contribution < -0.4 is 14.8 Å². The number of ether oxygens (including phenoxy) is 3. The number of esters is 1. The molecule has 0 unspecified atom stereocenters. The van der Waals surface area contributed by atoms with Crippen molar-refractivity contribution in [2.24, 2.45) is 0 Å². The topological polar surface area (TPSA) is 105 Å². The molecule has 1 aromatic carbocycles. The van der Waals surface area contributed by atoms with Gasteiger partial charge in [0.25, 0.3) is 0 Å². The fraction of sp³-hybridized carbons (Fsp3) is 0.462. The van der Waals surface area contributed by atoms with E-state index in [9.17, 15) is 9.59 Å².